The van der Waals surface area contributed by atoms with Gasteiger partial charge in [-0.2, -0.15) is 0 Å². The number of amides is 1. The number of nitrogens with one attached hydrogen (secondary N) is 1. The summed E-state index contributed by atoms with van der Waals surface area (Å²) in [6.07, 6.45) is 4.93. The Morgan fingerprint density at radius 1 is 1.20 bits per heavy atom. The van der Waals surface area contributed by atoms with Crippen molar-refractivity contribution in [3.8, 4) is 0 Å². The Kier molecular flexibility index (Phi) is 3.13. The molecule has 1 fully saturated rings. The number of carbonyl (C=O) groups is 1. The zero-order chi connectivity index (χ0) is 14.5. The van der Waals surface area contributed by atoms with Crippen molar-refractivity contribution in [1.29, 1.82) is 0 Å². The minimum Gasteiger partial charge on any atom is -0.325 e. The summed E-state index contributed by atoms with van der Waals surface area (Å²) in [6, 6.07) is 6.21. The molecule has 1 amide bonds. The van der Waals surface area contributed by atoms with E-state index in [0.717, 1.165) is 16.8 Å². The SMILES string of the molecule is CC1(C)C(=O)Nc2ccc(C(Cl)C3(C)CCCC3)cc21. The Balaban J connectivity index is 1.98. The lowest BCUT2D eigenvalue weighted by molar-refractivity contribution is -0.119. The molecule has 0 saturated heterocycles. The molecule has 1 aromatic carbocycles. The Bertz CT molecular complexity index is 558. The fourth-order valence-corrected chi connectivity index (χ4v) is 3.94. The first-order valence-electron chi connectivity index (χ1n) is 7.44. The van der Waals surface area contributed by atoms with Crippen LogP contribution < -0.4 is 5.32 Å². The number of alkyl halides is 1. The third kappa shape index (κ3) is 1.96. The van der Waals surface area contributed by atoms with Crippen molar-refractivity contribution in [3.05, 3.63) is 29.3 Å². The van der Waals surface area contributed by atoms with Crippen LogP contribution in [0.25, 0.3) is 0 Å². The molecule has 1 N–H and O–H groups in total. The van der Waals surface area contributed by atoms with Crippen LogP contribution in [0.4, 0.5) is 5.69 Å². The first kappa shape index (κ1) is 13.9. The second kappa shape index (κ2) is 4.49. The van der Waals surface area contributed by atoms with Crippen LogP contribution in [0.2, 0.25) is 0 Å². The highest BCUT2D eigenvalue weighted by Gasteiger charge is 2.41. The Labute approximate surface area is 125 Å². The van der Waals surface area contributed by atoms with Crippen molar-refractivity contribution >= 4 is 23.2 Å². The van der Waals surface area contributed by atoms with Gasteiger partial charge in [0.2, 0.25) is 5.91 Å². The van der Waals surface area contributed by atoms with E-state index in [-0.39, 0.29) is 16.7 Å². The van der Waals surface area contributed by atoms with Gasteiger partial charge in [0.05, 0.1) is 10.8 Å². The van der Waals surface area contributed by atoms with Gasteiger partial charge in [-0.05, 0) is 49.3 Å². The molecule has 1 heterocycles. The average Bonchev–Trinajstić information content (AvgIpc) is 2.94. The molecule has 20 heavy (non-hydrogen) atoms. The van der Waals surface area contributed by atoms with Gasteiger partial charge >= 0.3 is 0 Å². The van der Waals surface area contributed by atoms with E-state index >= 15 is 0 Å². The second-order valence-electron chi connectivity index (χ2n) is 7.11. The zero-order valence-corrected chi connectivity index (χ0v) is 13.2. The smallest absolute Gasteiger partial charge is 0.234 e. The van der Waals surface area contributed by atoms with Crippen LogP contribution in [0.3, 0.4) is 0 Å². The van der Waals surface area contributed by atoms with Crippen molar-refractivity contribution in [1.82, 2.24) is 0 Å². The number of anilines is 1. The predicted molar refractivity (Wildman–Crippen MR) is 83.3 cm³/mol. The average molecular weight is 292 g/mol. The van der Waals surface area contributed by atoms with E-state index in [2.05, 4.69) is 24.4 Å². The summed E-state index contributed by atoms with van der Waals surface area (Å²) in [6.45, 7) is 6.23. The van der Waals surface area contributed by atoms with Crippen LogP contribution in [-0.4, -0.2) is 5.91 Å². The maximum atomic E-state index is 12.0. The van der Waals surface area contributed by atoms with Gasteiger partial charge in [-0.25, -0.2) is 0 Å². The molecule has 0 bridgehead atoms. The van der Waals surface area contributed by atoms with Crippen LogP contribution in [0.1, 0.15) is 63.0 Å². The lowest BCUT2D eigenvalue weighted by Crippen LogP contribution is -2.27. The quantitative estimate of drug-likeness (QED) is 0.781. The second-order valence-corrected chi connectivity index (χ2v) is 7.54. The molecule has 2 aliphatic rings. The van der Waals surface area contributed by atoms with E-state index in [0.29, 0.717) is 0 Å². The van der Waals surface area contributed by atoms with E-state index in [4.69, 9.17) is 11.6 Å². The van der Waals surface area contributed by atoms with Crippen molar-refractivity contribution in [2.45, 2.75) is 57.2 Å². The molecule has 0 spiro atoms. The molecule has 2 nitrogen and oxygen atoms in total. The van der Waals surface area contributed by atoms with E-state index in [1.807, 2.05) is 19.9 Å². The standard InChI is InChI=1S/C17H22ClNO/c1-16(2)12-10-11(6-7-13(12)19-15(16)20)14(18)17(3)8-4-5-9-17/h6-7,10,14H,4-5,8-9H2,1-3H3,(H,19,20). The number of carbonyl (C=O) groups excluding carboxylic acids is 1. The molecule has 3 rings (SSSR count). The van der Waals surface area contributed by atoms with Crippen LogP contribution in [0.15, 0.2) is 18.2 Å². The van der Waals surface area contributed by atoms with E-state index < -0.39 is 5.41 Å². The summed E-state index contributed by atoms with van der Waals surface area (Å²) < 4.78 is 0. The van der Waals surface area contributed by atoms with Gasteiger partial charge in [0.25, 0.3) is 0 Å². The molecule has 1 saturated carbocycles. The van der Waals surface area contributed by atoms with E-state index in [1.54, 1.807) is 0 Å². The number of halogens is 1. The highest BCUT2D eigenvalue weighted by molar-refractivity contribution is 6.21. The molecule has 1 aliphatic heterocycles. The maximum Gasteiger partial charge on any atom is 0.234 e. The van der Waals surface area contributed by atoms with Gasteiger partial charge in [-0.3, -0.25) is 4.79 Å². The molecule has 1 aromatic rings. The van der Waals surface area contributed by atoms with Crippen molar-refractivity contribution in [3.63, 3.8) is 0 Å². The van der Waals surface area contributed by atoms with Crippen LogP contribution >= 0.6 is 11.6 Å². The number of rotatable bonds is 2. The van der Waals surface area contributed by atoms with E-state index in [9.17, 15) is 4.79 Å². The largest absolute Gasteiger partial charge is 0.325 e. The first-order chi connectivity index (χ1) is 9.34. The zero-order valence-electron chi connectivity index (χ0n) is 12.4. The molecule has 108 valence electrons. The van der Waals surface area contributed by atoms with Crippen molar-refractivity contribution < 1.29 is 4.79 Å². The normalized spacial score (nSPS) is 24.3. The first-order valence-corrected chi connectivity index (χ1v) is 7.88. The molecule has 0 aromatic heterocycles. The number of hydrogen-bond donors (Lipinski definition) is 1. The molecule has 3 heteroatoms. The van der Waals surface area contributed by atoms with Crippen LogP contribution in [-0.2, 0) is 10.2 Å². The minimum absolute atomic E-state index is 0.0294. The number of benzene rings is 1. The monoisotopic (exact) mass is 291 g/mol. The lowest BCUT2D eigenvalue weighted by Gasteiger charge is -2.30. The minimum atomic E-state index is -0.460. The summed E-state index contributed by atoms with van der Waals surface area (Å²) in [5.74, 6) is 0.0721. The van der Waals surface area contributed by atoms with Gasteiger partial charge in [-0.15, -0.1) is 11.6 Å². The van der Waals surface area contributed by atoms with E-state index in [1.165, 1.54) is 25.7 Å². The Morgan fingerprint density at radius 3 is 2.50 bits per heavy atom. The lowest BCUT2D eigenvalue weighted by atomic mass is 9.79. The molecule has 1 aliphatic carbocycles. The van der Waals surface area contributed by atoms with Gasteiger partial charge < -0.3 is 5.32 Å². The maximum absolute atomic E-state index is 12.0. The van der Waals surface area contributed by atoms with Crippen molar-refractivity contribution in [2.24, 2.45) is 5.41 Å². The molecule has 1 atom stereocenters. The predicted octanol–water partition coefficient (Wildman–Crippen LogP) is 4.78. The topological polar surface area (TPSA) is 29.1 Å². The summed E-state index contributed by atoms with van der Waals surface area (Å²) in [4.78, 5) is 12.0. The van der Waals surface area contributed by atoms with Crippen LogP contribution in [0, 0.1) is 5.41 Å². The molecular formula is C17H22ClNO. The number of fused-ring (bicyclic) bond motifs is 1. The molecular weight excluding hydrogens is 270 g/mol. The Morgan fingerprint density at radius 2 is 1.85 bits per heavy atom. The highest BCUT2D eigenvalue weighted by atomic mass is 35.5. The Hall–Kier alpha value is -1.02. The van der Waals surface area contributed by atoms with Gasteiger partial charge in [0.1, 0.15) is 0 Å². The number of hydrogen-bond acceptors (Lipinski definition) is 1. The molecule has 0 radical (unpaired) electrons. The highest BCUT2D eigenvalue weighted by Crippen LogP contribution is 2.51. The summed E-state index contributed by atoms with van der Waals surface area (Å²) in [5.41, 5.74) is 2.89. The van der Waals surface area contributed by atoms with Gasteiger partial charge in [0.15, 0.2) is 0 Å². The fraction of sp³-hybridized carbons (Fsp3) is 0.588. The third-order valence-electron chi connectivity index (χ3n) is 5.18. The van der Waals surface area contributed by atoms with Crippen LogP contribution in [0.5, 0.6) is 0 Å². The summed E-state index contributed by atoms with van der Waals surface area (Å²) in [7, 11) is 0. The van der Waals surface area contributed by atoms with Gasteiger partial charge in [-0.1, -0.05) is 31.9 Å². The molecule has 1 unspecified atom stereocenters. The van der Waals surface area contributed by atoms with Gasteiger partial charge in [0, 0.05) is 5.69 Å². The summed E-state index contributed by atoms with van der Waals surface area (Å²) in [5, 5.41) is 2.98. The third-order valence-corrected chi connectivity index (χ3v) is 5.96. The fourth-order valence-electron chi connectivity index (χ4n) is 3.58. The summed E-state index contributed by atoms with van der Waals surface area (Å²) >= 11 is 6.78. The van der Waals surface area contributed by atoms with Crippen molar-refractivity contribution in [2.75, 3.05) is 5.32 Å².